The molecule has 0 aromatic carbocycles. The first-order chi connectivity index (χ1) is 12.2. The van der Waals surface area contributed by atoms with Gasteiger partial charge in [-0.1, -0.05) is 0 Å². The SMILES string of the molecule is Cc1cc2ncc3c(n2n1)C[C@@H]1CC[C@H]3N1C(=O)CCc1ccco1. The maximum absolute atomic E-state index is 12.9. The molecule has 2 aliphatic heterocycles. The van der Waals surface area contributed by atoms with Crippen LogP contribution in [0.15, 0.2) is 35.1 Å². The zero-order valence-corrected chi connectivity index (χ0v) is 14.2. The summed E-state index contributed by atoms with van der Waals surface area (Å²) in [5.41, 5.74) is 4.26. The molecule has 0 aliphatic carbocycles. The predicted molar refractivity (Wildman–Crippen MR) is 91.1 cm³/mol. The fraction of sp³-hybridized carbons (Fsp3) is 0.421. The van der Waals surface area contributed by atoms with Gasteiger partial charge in [-0.3, -0.25) is 4.79 Å². The van der Waals surface area contributed by atoms with Crippen molar-refractivity contribution in [1.29, 1.82) is 0 Å². The molecule has 6 nitrogen and oxygen atoms in total. The summed E-state index contributed by atoms with van der Waals surface area (Å²) in [5.74, 6) is 1.08. The average Bonchev–Trinajstić information content (AvgIpc) is 3.31. The number of aryl methyl sites for hydroxylation is 2. The highest BCUT2D eigenvalue weighted by atomic mass is 16.3. The predicted octanol–water partition coefficient (Wildman–Crippen LogP) is 2.85. The fourth-order valence-corrected chi connectivity index (χ4v) is 4.39. The van der Waals surface area contributed by atoms with Crippen LogP contribution in [-0.4, -0.2) is 31.4 Å². The Kier molecular flexibility index (Phi) is 3.20. The van der Waals surface area contributed by atoms with Gasteiger partial charge in [-0.05, 0) is 31.9 Å². The Morgan fingerprint density at radius 1 is 1.40 bits per heavy atom. The van der Waals surface area contributed by atoms with Gasteiger partial charge in [0.2, 0.25) is 5.91 Å². The molecule has 1 saturated heterocycles. The van der Waals surface area contributed by atoms with E-state index in [9.17, 15) is 4.79 Å². The second-order valence-electron chi connectivity index (χ2n) is 7.05. The number of amides is 1. The Bertz CT molecular complexity index is 944. The van der Waals surface area contributed by atoms with Crippen LogP contribution >= 0.6 is 0 Å². The van der Waals surface area contributed by atoms with Crippen LogP contribution in [0.25, 0.3) is 5.65 Å². The molecule has 0 radical (unpaired) electrons. The van der Waals surface area contributed by atoms with Crippen LogP contribution in [0.1, 0.15) is 48.0 Å². The van der Waals surface area contributed by atoms with Crippen LogP contribution in [0.2, 0.25) is 0 Å². The quantitative estimate of drug-likeness (QED) is 0.738. The molecule has 6 heteroatoms. The fourth-order valence-electron chi connectivity index (χ4n) is 4.39. The Hall–Kier alpha value is -2.63. The van der Waals surface area contributed by atoms with Crippen molar-refractivity contribution in [3.8, 4) is 0 Å². The first-order valence-corrected chi connectivity index (χ1v) is 8.88. The lowest BCUT2D eigenvalue weighted by Crippen LogP contribution is -2.42. The molecule has 0 unspecified atom stereocenters. The molecule has 3 aromatic rings. The summed E-state index contributed by atoms with van der Waals surface area (Å²) in [6.07, 6.45) is 7.68. The third kappa shape index (κ3) is 2.27. The maximum atomic E-state index is 12.9. The van der Waals surface area contributed by atoms with Crippen molar-refractivity contribution < 1.29 is 9.21 Å². The van der Waals surface area contributed by atoms with Crippen LogP contribution in [0, 0.1) is 6.92 Å². The largest absolute Gasteiger partial charge is 0.469 e. The van der Waals surface area contributed by atoms with E-state index in [1.54, 1.807) is 6.26 Å². The van der Waals surface area contributed by atoms with Crippen molar-refractivity contribution >= 4 is 11.6 Å². The van der Waals surface area contributed by atoms with E-state index >= 15 is 0 Å². The zero-order chi connectivity index (χ0) is 17.0. The molecule has 25 heavy (non-hydrogen) atoms. The number of carbonyl (C=O) groups excluding carboxylic acids is 1. The normalized spacial score (nSPS) is 21.7. The molecular weight excluding hydrogens is 316 g/mol. The van der Waals surface area contributed by atoms with Crippen LogP contribution < -0.4 is 0 Å². The Balaban J connectivity index is 1.45. The van der Waals surface area contributed by atoms with Gasteiger partial charge < -0.3 is 9.32 Å². The number of rotatable bonds is 3. The molecule has 0 saturated carbocycles. The van der Waals surface area contributed by atoms with Gasteiger partial charge in [-0.25, -0.2) is 9.50 Å². The first kappa shape index (κ1) is 14.7. The molecule has 2 aliphatic rings. The van der Waals surface area contributed by atoms with Crippen molar-refractivity contribution in [3.05, 3.63) is 53.4 Å². The molecule has 1 amide bonds. The Morgan fingerprint density at radius 3 is 3.16 bits per heavy atom. The van der Waals surface area contributed by atoms with E-state index in [1.807, 2.05) is 35.8 Å². The van der Waals surface area contributed by atoms with Gasteiger partial charge in [0.25, 0.3) is 0 Å². The molecule has 0 N–H and O–H groups in total. The van der Waals surface area contributed by atoms with Gasteiger partial charge in [-0.15, -0.1) is 0 Å². The minimum atomic E-state index is 0.138. The first-order valence-electron chi connectivity index (χ1n) is 8.88. The van der Waals surface area contributed by atoms with Crippen LogP contribution in [0.3, 0.4) is 0 Å². The van der Waals surface area contributed by atoms with Crippen molar-refractivity contribution in [2.45, 2.75) is 51.1 Å². The number of hydrogen-bond acceptors (Lipinski definition) is 4. The smallest absolute Gasteiger partial charge is 0.223 e. The van der Waals surface area contributed by atoms with E-state index in [0.717, 1.165) is 41.9 Å². The molecule has 2 bridgehead atoms. The second kappa shape index (κ2) is 5.44. The molecule has 128 valence electrons. The van der Waals surface area contributed by atoms with Gasteiger partial charge in [0, 0.05) is 43.1 Å². The topological polar surface area (TPSA) is 63.6 Å². The van der Waals surface area contributed by atoms with E-state index in [2.05, 4.69) is 15.0 Å². The molecule has 2 atom stereocenters. The molecule has 3 aromatic heterocycles. The van der Waals surface area contributed by atoms with E-state index in [4.69, 9.17) is 4.42 Å². The summed E-state index contributed by atoms with van der Waals surface area (Å²) in [7, 11) is 0. The van der Waals surface area contributed by atoms with E-state index in [1.165, 1.54) is 5.69 Å². The summed E-state index contributed by atoms with van der Waals surface area (Å²) in [4.78, 5) is 19.5. The van der Waals surface area contributed by atoms with E-state index in [-0.39, 0.29) is 18.0 Å². The Morgan fingerprint density at radius 2 is 2.32 bits per heavy atom. The highest BCUT2D eigenvalue weighted by Crippen LogP contribution is 2.43. The number of hydrogen-bond donors (Lipinski definition) is 0. The standard InChI is InChI=1S/C19H20N4O2/c1-12-9-18-20-11-15-16-6-4-13(10-17(15)23(18)21-12)22(16)19(24)7-5-14-3-2-8-25-14/h2-3,8-9,11,13,16H,4-7,10H2,1H3/t13-,16+/m0/s1. The summed E-state index contributed by atoms with van der Waals surface area (Å²) < 4.78 is 7.33. The van der Waals surface area contributed by atoms with E-state index < -0.39 is 0 Å². The minimum Gasteiger partial charge on any atom is -0.469 e. The zero-order valence-electron chi connectivity index (χ0n) is 14.2. The van der Waals surface area contributed by atoms with Gasteiger partial charge in [0.15, 0.2) is 5.65 Å². The lowest BCUT2D eigenvalue weighted by molar-refractivity contribution is -0.134. The second-order valence-corrected chi connectivity index (χ2v) is 7.05. The van der Waals surface area contributed by atoms with Crippen LogP contribution in [0.4, 0.5) is 0 Å². The highest BCUT2D eigenvalue weighted by molar-refractivity contribution is 5.78. The molecular formula is C19H20N4O2. The number of aromatic nitrogens is 3. The van der Waals surface area contributed by atoms with Gasteiger partial charge >= 0.3 is 0 Å². The lowest BCUT2D eigenvalue weighted by atomic mass is 9.98. The third-order valence-electron chi connectivity index (χ3n) is 5.48. The molecule has 5 rings (SSSR count). The van der Waals surface area contributed by atoms with Gasteiger partial charge in [0.1, 0.15) is 5.76 Å². The van der Waals surface area contributed by atoms with Crippen molar-refractivity contribution in [1.82, 2.24) is 19.5 Å². The van der Waals surface area contributed by atoms with Crippen LogP contribution in [-0.2, 0) is 17.6 Å². The monoisotopic (exact) mass is 336 g/mol. The number of carbonyl (C=O) groups is 1. The lowest BCUT2D eigenvalue weighted by Gasteiger charge is -2.36. The summed E-state index contributed by atoms with van der Waals surface area (Å²) in [6.45, 7) is 1.99. The van der Waals surface area contributed by atoms with Crippen molar-refractivity contribution in [2.24, 2.45) is 0 Å². The average molecular weight is 336 g/mol. The Labute approximate surface area is 145 Å². The summed E-state index contributed by atoms with van der Waals surface area (Å²) in [6, 6.07) is 6.21. The highest BCUT2D eigenvalue weighted by Gasteiger charge is 2.43. The summed E-state index contributed by atoms with van der Waals surface area (Å²) in [5, 5.41) is 4.60. The maximum Gasteiger partial charge on any atom is 0.223 e. The number of fused-ring (bicyclic) bond motifs is 6. The van der Waals surface area contributed by atoms with Crippen LogP contribution in [0.5, 0.6) is 0 Å². The van der Waals surface area contributed by atoms with Gasteiger partial charge in [0.05, 0.1) is 23.7 Å². The minimum absolute atomic E-state index is 0.138. The summed E-state index contributed by atoms with van der Waals surface area (Å²) >= 11 is 0. The molecule has 5 heterocycles. The number of nitrogens with zero attached hydrogens (tertiary/aromatic N) is 4. The van der Waals surface area contributed by atoms with Crippen molar-refractivity contribution in [2.75, 3.05) is 0 Å². The van der Waals surface area contributed by atoms with Gasteiger partial charge in [-0.2, -0.15) is 5.10 Å². The molecule has 0 spiro atoms. The van der Waals surface area contributed by atoms with Crippen molar-refractivity contribution in [3.63, 3.8) is 0 Å². The molecule has 1 fully saturated rings. The van der Waals surface area contributed by atoms with E-state index in [0.29, 0.717) is 12.8 Å². The number of furan rings is 1. The third-order valence-corrected chi connectivity index (χ3v) is 5.48.